The normalized spacial score (nSPS) is 11.3. The van der Waals surface area contributed by atoms with Gasteiger partial charge in [-0.1, -0.05) is 67.6 Å². The summed E-state index contributed by atoms with van der Waals surface area (Å²) in [5.74, 6) is 0. The standard InChI is InChI=1S/C27H25N2O.C11H8N.Ir/c1-16-11-18-9-10-21-20-7-6-8-22(25(20)30-26(21)24(18)29-14-16)23-12-19(13-27(3,4)5)17(2)15-28-23;1-2-6-10(7-3-1)11-8-4-5-9-12-11;/h6-7,9-12,14-15H,13H2,1-5H3;1-6,8-9H;/q2*-1;. The number of hydrogen-bond acceptors (Lipinski definition) is 4. The second-order valence-corrected chi connectivity index (χ2v) is 11.9. The fraction of sp³-hybridized carbons (Fsp3) is 0.184. The maximum atomic E-state index is 6.43. The van der Waals surface area contributed by atoms with Crippen molar-refractivity contribution in [3.05, 3.63) is 126 Å². The molecule has 0 bridgehead atoms. The van der Waals surface area contributed by atoms with E-state index in [0.717, 1.165) is 67.3 Å². The monoisotopic (exact) mass is 740 g/mol. The molecule has 7 rings (SSSR count). The molecule has 0 aliphatic carbocycles. The van der Waals surface area contributed by atoms with Crippen molar-refractivity contribution in [1.82, 2.24) is 15.0 Å². The van der Waals surface area contributed by atoms with Crippen LogP contribution in [0.2, 0.25) is 0 Å². The SMILES string of the molecule is Cc1cnc2c(ccc3c4cc[c-]c(-c5cc(CC(C)(C)C)c(C)cn5)c4oc32)c1.[Ir].[c-]1ccccc1-c1ccccn1. The number of nitrogens with zero attached hydrogens (tertiary/aromatic N) is 3. The smallest absolute Gasteiger partial charge is 0.147 e. The van der Waals surface area contributed by atoms with Crippen LogP contribution in [0.5, 0.6) is 0 Å². The minimum atomic E-state index is 0. The van der Waals surface area contributed by atoms with Crippen molar-refractivity contribution in [3.8, 4) is 22.5 Å². The molecular formula is C38H33IrN3O-2. The Kier molecular flexibility index (Phi) is 8.87. The molecule has 43 heavy (non-hydrogen) atoms. The van der Waals surface area contributed by atoms with Gasteiger partial charge >= 0.3 is 0 Å². The average Bonchev–Trinajstić information content (AvgIpc) is 3.38. The van der Waals surface area contributed by atoms with Gasteiger partial charge in [0.25, 0.3) is 0 Å². The fourth-order valence-corrected chi connectivity index (χ4v) is 5.23. The van der Waals surface area contributed by atoms with Crippen LogP contribution in [-0.2, 0) is 26.5 Å². The first-order valence-corrected chi connectivity index (χ1v) is 14.2. The van der Waals surface area contributed by atoms with Crippen LogP contribution in [0.4, 0.5) is 0 Å². The van der Waals surface area contributed by atoms with Crippen molar-refractivity contribution in [2.45, 2.75) is 41.0 Å². The molecule has 0 N–H and O–H groups in total. The third kappa shape index (κ3) is 6.59. The zero-order chi connectivity index (χ0) is 29.3. The predicted molar refractivity (Wildman–Crippen MR) is 172 cm³/mol. The molecule has 4 nitrogen and oxygen atoms in total. The summed E-state index contributed by atoms with van der Waals surface area (Å²) in [7, 11) is 0. The van der Waals surface area contributed by atoms with Crippen LogP contribution >= 0.6 is 0 Å². The van der Waals surface area contributed by atoms with E-state index in [1.54, 1.807) is 6.20 Å². The van der Waals surface area contributed by atoms with Gasteiger partial charge in [0, 0.05) is 49.5 Å². The second-order valence-electron chi connectivity index (χ2n) is 11.9. The van der Waals surface area contributed by atoms with E-state index in [9.17, 15) is 0 Å². The third-order valence-electron chi connectivity index (χ3n) is 7.23. The zero-order valence-electron chi connectivity index (χ0n) is 25.0. The van der Waals surface area contributed by atoms with Crippen LogP contribution in [0.15, 0.2) is 102 Å². The van der Waals surface area contributed by atoms with Crippen molar-refractivity contribution in [2.75, 3.05) is 0 Å². The Morgan fingerprint density at radius 3 is 2.30 bits per heavy atom. The molecule has 0 unspecified atom stereocenters. The molecule has 7 aromatic rings. The summed E-state index contributed by atoms with van der Waals surface area (Å²) >= 11 is 0. The molecule has 5 heteroatoms. The van der Waals surface area contributed by atoms with Crippen LogP contribution in [0, 0.1) is 31.4 Å². The molecule has 0 aliphatic heterocycles. The summed E-state index contributed by atoms with van der Waals surface area (Å²) in [4.78, 5) is 13.6. The Morgan fingerprint density at radius 1 is 0.744 bits per heavy atom. The number of aromatic nitrogens is 3. The van der Waals surface area contributed by atoms with E-state index in [4.69, 9.17) is 9.40 Å². The van der Waals surface area contributed by atoms with E-state index in [1.165, 1.54) is 11.1 Å². The second kappa shape index (κ2) is 12.6. The first kappa shape index (κ1) is 30.3. The van der Waals surface area contributed by atoms with Gasteiger partial charge in [-0.3, -0.25) is 4.98 Å². The first-order valence-electron chi connectivity index (χ1n) is 14.2. The average molecular weight is 740 g/mol. The Morgan fingerprint density at radius 2 is 1.56 bits per heavy atom. The summed E-state index contributed by atoms with van der Waals surface area (Å²) < 4.78 is 6.43. The fourth-order valence-electron chi connectivity index (χ4n) is 5.23. The summed E-state index contributed by atoms with van der Waals surface area (Å²) in [6.45, 7) is 11.0. The van der Waals surface area contributed by atoms with Crippen molar-refractivity contribution in [3.63, 3.8) is 0 Å². The van der Waals surface area contributed by atoms with Gasteiger partial charge in [-0.25, -0.2) is 0 Å². The van der Waals surface area contributed by atoms with Crippen LogP contribution in [0.1, 0.15) is 37.5 Å². The Balaban J connectivity index is 0.000000238. The van der Waals surface area contributed by atoms with Gasteiger partial charge in [0.05, 0.1) is 5.58 Å². The minimum Gasteiger partial charge on any atom is -0.498 e. The molecule has 4 aromatic heterocycles. The summed E-state index contributed by atoms with van der Waals surface area (Å²) in [6.07, 6.45) is 6.64. The maximum absolute atomic E-state index is 6.43. The quantitative estimate of drug-likeness (QED) is 0.170. The number of rotatable bonds is 3. The number of hydrogen-bond donors (Lipinski definition) is 0. The maximum Gasteiger partial charge on any atom is 0.147 e. The number of fused-ring (bicyclic) bond motifs is 5. The van der Waals surface area contributed by atoms with E-state index in [1.807, 2.05) is 60.9 Å². The molecule has 0 aliphatic rings. The van der Waals surface area contributed by atoms with Gasteiger partial charge in [-0.2, -0.15) is 0 Å². The Hall–Kier alpha value is -4.18. The van der Waals surface area contributed by atoms with E-state index >= 15 is 0 Å². The summed E-state index contributed by atoms with van der Waals surface area (Å²) in [5.41, 5.74) is 10.2. The molecule has 0 atom stereocenters. The van der Waals surface area contributed by atoms with Crippen molar-refractivity contribution in [1.29, 1.82) is 0 Å². The molecule has 3 aromatic carbocycles. The Bertz CT molecular complexity index is 1970. The third-order valence-corrected chi connectivity index (χ3v) is 7.23. The van der Waals surface area contributed by atoms with Crippen molar-refractivity contribution >= 4 is 32.8 Å². The molecule has 0 saturated heterocycles. The minimum absolute atomic E-state index is 0. The number of furan rings is 1. The van der Waals surface area contributed by atoms with Crippen LogP contribution in [0.3, 0.4) is 0 Å². The molecule has 4 heterocycles. The zero-order valence-corrected chi connectivity index (χ0v) is 27.4. The number of aryl methyl sites for hydroxylation is 2. The summed E-state index contributed by atoms with van der Waals surface area (Å²) in [6, 6.07) is 32.8. The largest absolute Gasteiger partial charge is 0.498 e. The van der Waals surface area contributed by atoms with Crippen LogP contribution in [0.25, 0.3) is 55.4 Å². The van der Waals surface area contributed by atoms with E-state index < -0.39 is 0 Å². The molecule has 217 valence electrons. The molecule has 0 fully saturated rings. The van der Waals surface area contributed by atoms with Gasteiger partial charge in [0.1, 0.15) is 11.1 Å². The first-order chi connectivity index (χ1) is 20.3. The van der Waals surface area contributed by atoms with Crippen LogP contribution in [-0.4, -0.2) is 15.0 Å². The van der Waals surface area contributed by atoms with Crippen molar-refractivity contribution in [2.24, 2.45) is 5.41 Å². The molecule has 1 radical (unpaired) electrons. The number of benzene rings is 3. The van der Waals surface area contributed by atoms with Crippen molar-refractivity contribution < 1.29 is 24.5 Å². The van der Waals surface area contributed by atoms with E-state index in [0.29, 0.717) is 0 Å². The van der Waals surface area contributed by atoms with E-state index in [-0.39, 0.29) is 25.5 Å². The van der Waals surface area contributed by atoms with E-state index in [2.05, 4.69) is 87.1 Å². The van der Waals surface area contributed by atoms with Gasteiger partial charge in [-0.15, -0.1) is 54.1 Å². The van der Waals surface area contributed by atoms with Gasteiger partial charge < -0.3 is 14.4 Å². The molecule has 0 spiro atoms. The molecule has 0 saturated carbocycles. The predicted octanol–water partition coefficient (Wildman–Crippen LogP) is 9.75. The molecule has 0 amide bonds. The van der Waals surface area contributed by atoms with Crippen LogP contribution < -0.4 is 0 Å². The summed E-state index contributed by atoms with van der Waals surface area (Å²) in [5, 5.41) is 3.24. The van der Waals surface area contributed by atoms with Gasteiger partial charge in [-0.05, 0) is 60.3 Å². The molecular weight excluding hydrogens is 707 g/mol. The van der Waals surface area contributed by atoms with Gasteiger partial charge in [0.15, 0.2) is 0 Å². The Labute approximate surface area is 266 Å². The number of pyridine rings is 3. The topological polar surface area (TPSA) is 51.8 Å². The van der Waals surface area contributed by atoms with Gasteiger partial charge in [0.2, 0.25) is 0 Å².